The predicted molar refractivity (Wildman–Crippen MR) is 102 cm³/mol. The van der Waals surface area contributed by atoms with Crippen LogP contribution in [0.25, 0.3) is 0 Å². The molecular weight excluding hydrogens is 362 g/mol. The third-order valence-electron chi connectivity index (χ3n) is 4.20. The van der Waals surface area contributed by atoms with Crippen molar-refractivity contribution in [1.82, 2.24) is 14.9 Å². The van der Waals surface area contributed by atoms with Crippen molar-refractivity contribution in [2.24, 2.45) is 0 Å². The van der Waals surface area contributed by atoms with Crippen molar-refractivity contribution in [1.29, 1.82) is 0 Å². The zero-order chi connectivity index (χ0) is 17.7. The summed E-state index contributed by atoms with van der Waals surface area (Å²) in [5, 5.41) is 3.25. The van der Waals surface area contributed by atoms with E-state index in [1.165, 1.54) is 0 Å². The predicted octanol–water partition coefficient (Wildman–Crippen LogP) is 1.52. The molecule has 0 aliphatic carbocycles. The van der Waals surface area contributed by atoms with Crippen LogP contribution < -0.4 is 10.0 Å². The maximum atomic E-state index is 12.6. The molecule has 1 heterocycles. The summed E-state index contributed by atoms with van der Waals surface area (Å²) >= 11 is 0. The number of benzene rings is 1. The summed E-state index contributed by atoms with van der Waals surface area (Å²) in [5.74, 6) is -0.00116. The summed E-state index contributed by atoms with van der Waals surface area (Å²) in [5.41, 5.74) is 2.49. The van der Waals surface area contributed by atoms with Crippen molar-refractivity contribution >= 4 is 28.3 Å². The van der Waals surface area contributed by atoms with Crippen molar-refractivity contribution in [3.63, 3.8) is 0 Å². The third kappa shape index (κ3) is 5.95. The molecule has 0 aromatic heterocycles. The summed E-state index contributed by atoms with van der Waals surface area (Å²) in [6.45, 7) is 8.78. The molecule has 1 aromatic carbocycles. The first kappa shape index (κ1) is 21.9. The minimum Gasteiger partial charge on any atom is -0.341 e. The number of hydrogen-bond acceptors (Lipinski definition) is 4. The molecule has 2 N–H and O–H groups in total. The van der Waals surface area contributed by atoms with E-state index in [0.717, 1.165) is 42.7 Å². The van der Waals surface area contributed by atoms with Gasteiger partial charge in [0.05, 0.1) is 4.90 Å². The normalized spacial score (nSPS) is 15.4. The summed E-state index contributed by atoms with van der Waals surface area (Å²) in [4.78, 5) is 14.3. The van der Waals surface area contributed by atoms with Crippen LogP contribution in [0.2, 0.25) is 0 Å². The molecule has 1 aliphatic heterocycles. The van der Waals surface area contributed by atoms with Gasteiger partial charge in [0.2, 0.25) is 15.9 Å². The Morgan fingerprint density at radius 2 is 1.80 bits per heavy atom. The van der Waals surface area contributed by atoms with E-state index in [2.05, 4.69) is 10.0 Å². The van der Waals surface area contributed by atoms with Crippen LogP contribution >= 0.6 is 12.4 Å². The highest BCUT2D eigenvalue weighted by Crippen LogP contribution is 2.21. The minimum atomic E-state index is -3.61. The average molecular weight is 390 g/mol. The number of halogens is 1. The zero-order valence-electron chi connectivity index (χ0n) is 15.1. The molecule has 1 aliphatic rings. The second-order valence-electron chi connectivity index (χ2n) is 6.36. The van der Waals surface area contributed by atoms with E-state index in [9.17, 15) is 13.2 Å². The number of amides is 1. The first-order valence-electron chi connectivity index (χ1n) is 8.37. The SMILES string of the molecule is Cc1cc(C)c(S(=O)(=O)NCCC(=O)N2CCCNCC2)c(C)c1.Cl. The number of rotatable bonds is 5. The van der Waals surface area contributed by atoms with E-state index in [0.29, 0.717) is 11.4 Å². The molecule has 0 atom stereocenters. The number of carbonyl (C=O) groups excluding carboxylic acids is 1. The minimum absolute atomic E-state index is 0. The fourth-order valence-corrected chi connectivity index (χ4v) is 4.69. The maximum Gasteiger partial charge on any atom is 0.241 e. The van der Waals surface area contributed by atoms with Crippen LogP contribution in [0.5, 0.6) is 0 Å². The van der Waals surface area contributed by atoms with Crippen molar-refractivity contribution < 1.29 is 13.2 Å². The Balaban J connectivity index is 0.00000312. The molecule has 1 amide bonds. The molecule has 1 aromatic rings. The van der Waals surface area contributed by atoms with Gasteiger partial charge in [-0.25, -0.2) is 13.1 Å². The standard InChI is InChI=1S/C17H27N3O3S.ClH/c1-13-11-14(2)17(15(3)12-13)24(22,23)19-7-5-16(21)20-9-4-6-18-8-10-20;/h11-12,18-19H,4-10H2,1-3H3;1H. The first-order valence-corrected chi connectivity index (χ1v) is 9.85. The fourth-order valence-electron chi connectivity index (χ4n) is 3.21. The van der Waals surface area contributed by atoms with Crippen molar-refractivity contribution in [3.05, 3.63) is 28.8 Å². The molecule has 2 rings (SSSR count). The van der Waals surface area contributed by atoms with Gasteiger partial charge in [0, 0.05) is 32.6 Å². The number of nitrogens with zero attached hydrogens (tertiary/aromatic N) is 1. The van der Waals surface area contributed by atoms with Crippen molar-refractivity contribution in [2.75, 3.05) is 32.7 Å². The number of nitrogens with one attached hydrogen (secondary N) is 2. The summed E-state index contributed by atoms with van der Waals surface area (Å²) < 4.78 is 27.7. The van der Waals surface area contributed by atoms with Crippen LogP contribution in [0.3, 0.4) is 0 Å². The van der Waals surface area contributed by atoms with Crippen molar-refractivity contribution in [3.8, 4) is 0 Å². The second-order valence-corrected chi connectivity index (χ2v) is 8.06. The third-order valence-corrected chi connectivity index (χ3v) is 5.96. The molecule has 0 spiro atoms. The quantitative estimate of drug-likeness (QED) is 0.800. The number of carbonyl (C=O) groups is 1. The topological polar surface area (TPSA) is 78.5 Å². The number of sulfonamides is 1. The molecule has 0 unspecified atom stereocenters. The Morgan fingerprint density at radius 3 is 2.44 bits per heavy atom. The summed E-state index contributed by atoms with van der Waals surface area (Å²) in [6.07, 6.45) is 1.11. The molecule has 0 saturated carbocycles. The van der Waals surface area contributed by atoms with E-state index >= 15 is 0 Å². The molecule has 1 fully saturated rings. The molecule has 0 bridgehead atoms. The molecule has 1 saturated heterocycles. The maximum absolute atomic E-state index is 12.6. The molecule has 8 heteroatoms. The Hall–Kier alpha value is -1.15. The first-order chi connectivity index (χ1) is 11.3. The van der Waals surface area contributed by atoms with Gasteiger partial charge in [0.1, 0.15) is 0 Å². The Morgan fingerprint density at radius 1 is 1.16 bits per heavy atom. The van der Waals surface area contributed by atoms with Gasteiger partial charge in [-0.05, 0) is 44.9 Å². The van der Waals surface area contributed by atoms with E-state index < -0.39 is 10.0 Å². The van der Waals surface area contributed by atoms with Crippen molar-refractivity contribution in [2.45, 2.75) is 38.5 Å². The lowest BCUT2D eigenvalue weighted by Gasteiger charge is -2.20. The van der Waals surface area contributed by atoms with E-state index in [1.807, 2.05) is 19.1 Å². The largest absolute Gasteiger partial charge is 0.341 e. The molecule has 142 valence electrons. The van der Waals surface area contributed by atoms with Crippen LogP contribution in [0, 0.1) is 20.8 Å². The molecular formula is C17H28ClN3O3S. The van der Waals surface area contributed by atoms with Gasteiger partial charge < -0.3 is 10.2 Å². The van der Waals surface area contributed by atoms with Crippen LogP contribution in [-0.2, 0) is 14.8 Å². The Labute approximate surface area is 156 Å². The highest BCUT2D eigenvalue weighted by atomic mass is 35.5. The lowest BCUT2D eigenvalue weighted by Crippen LogP contribution is -2.36. The highest BCUT2D eigenvalue weighted by molar-refractivity contribution is 7.89. The van der Waals surface area contributed by atoms with Crippen LogP contribution in [-0.4, -0.2) is 51.9 Å². The van der Waals surface area contributed by atoms with Crippen LogP contribution in [0.1, 0.15) is 29.5 Å². The zero-order valence-corrected chi connectivity index (χ0v) is 16.7. The van der Waals surface area contributed by atoms with Gasteiger partial charge in [-0.15, -0.1) is 12.4 Å². The molecule has 25 heavy (non-hydrogen) atoms. The lowest BCUT2D eigenvalue weighted by molar-refractivity contribution is -0.130. The van der Waals surface area contributed by atoms with Crippen LogP contribution in [0.4, 0.5) is 0 Å². The van der Waals surface area contributed by atoms with Gasteiger partial charge in [-0.3, -0.25) is 4.79 Å². The lowest BCUT2D eigenvalue weighted by atomic mass is 10.1. The number of hydrogen-bond donors (Lipinski definition) is 2. The van der Waals surface area contributed by atoms with E-state index in [1.54, 1.807) is 18.7 Å². The highest BCUT2D eigenvalue weighted by Gasteiger charge is 2.21. The smallest absolute Gasteiger partial charge is 0.241 e. The van der Waals surface area contributed by atoms with Gasteiger partial charge >= 0.3 is 0 Å². The van der Waals surface area contributed by atoms with E-state index in [-0.39, 0.29) is 31.3 Å². The van der Waals surface area contributed by atoms with Gasteiger partial charge in [0.15, 0.2) is 0 Å². The average Bonchev–Trinajstić information content (AvgIpc) is 2.74. The van der Waals surface area contributed by atoms with Gasteiger partial charge in [-0.2, -0.15) is 0 Å². The number of aryl methyl sites for hydroxylation is 3. The molecule has 0 radical (unpaired) electrons. The Kier molecular flexibility index (Phi) is 8.34. The summed E-state index contributed by atoms with van der Waals surface area (Å²) in [6, 6.07) is 3.72. The monoisotopic (exact) mass is 389 g/mol. The van der Waals surface area contributed by atoms with Gasteiger partial charge in [-0.1, -0.05) is 17.7 Å². The Bertz CT molecular complexity index is 676. The van der Waals surface area contributed by atoms with E-state index in [4.69, 9.17) is 0 Å². The summed E-state index contributed by atoms with van der Waals surface area (Å²) in [7, 11) is -3.61. The fraction of sp³-hybridized carbons (Fsp3) is 0.588. The van der Waals surface area contributed by atoms with Gasteiger partial charge in [0.25, 0.3) is 0 Å². The van der Waals surface area contributed by atoms with Crippen LogP contribution in [0.15, 0.2) is 17.0 Å². The second kappa shape index (κ2) is 9.52. The molecule has 6 nitrogen and oxygen atoms in total.